The Balaban J connectivity index is 1.61. The molecule has 0 amide bonds. The standard InChI is InChI=1S/C19H25N3O4/c1-4-24-19(23)18-12(2)16-15(26-18)6-5-13-9-22(20-17(13)16)11-14-10-21(3)7-8-25-14/h9,14H,4-8,10-11H2,1-3H3/t14-/m0/s1. The van der Waals surface area contributed by atoms with Crippen LogP contribution in [-0.4, -0.2) is 60.1 Å². The van der Waals surface area contributed by atoms with E-state index in [1.165, 1.54) is 5.56 Å². The van der Waals surface area contributed by atoms with Crippen LogP contribution in [0.5, 0.6) is 0 Å². The Kier molecular flexibility index (Phi) is 4.58. The summed E-state index contributed by atoms with van der Waals surface area (Å²) in [5.41, 5.74) is 3.89. The maximum absolute atomic E-state index is 12.1. The lowest BCUT2D eigenvalue weighted by Gasteiger charge is -2.29. The lowest BCUT2D eigenvalue weighted by molar-refractivity contribution is -0.0290. The van der Waals surface area contributed by atoms with Gasteiger partial charge in [0.2, 0.25) is 5.76 Å². The molecule has 0 bridgehead atoms. The quantitative estimate of drug-likeness (QED) is 0.779. The summed E-state index contributed by atoms with van der Waals surface area (Å²) >= 11 is 0. The first kappa shape index (κ1) is 17.3. The van der Waals surface area contributed by atoms with Crippen molar-refractivity contribution in [3.8, 4) is 11.3 Å². The highest BCUT2D eigenvalue weighted by Crippen LogP contribution is 2.38. The largest absolute Gasteiger partial charge is 0.460 e. The van der Waals surface area contributed by atoms with E-state index in [9.17, 15) is 4.79 Å². The number of morpholine rings is 1. The van der Waals surface area contributed by atoms with Crippen molar-refractivity contribution >= 4 is 5.97 Å². The molecule has 0 spiro atoms. The van der Waals surface area contributed by atoms with Gasteiger partial charge in [0.05, 0.1) is 31.6 Å². The van der Waals surface area contributed by atoms with Crippen molar-refractivity contribution in [2.24, 2.45) is 0 Å². The molecule has 7 heteroatoms. The highest BCUT2D eigenvalue weighted by Gasteiger charge is 2.30. The maximum Gasteiger partial charge on any atom is 0.374 e. The van der Waals surface area contributed by atoms with Crippen LogP contribution in [0.1, 0.15) is 34.4 Å². The molecule has 1 atom stereocenters. The topological polar surface area (TPSA) is 69.7 Å². The van der Waals surface area contributed by atoms with Gasteiger partial charge in [-0.1, -0.05) is 0 Å². The van der Waals surface area contributed by atoms with Crippen LogP contribution in [0, 0.1) is 6.92 Å². The van der Waals surface area contributed by atoms with E-state index in [2.05, 4.69) is 18.1 Å². The summed E-state index contributed by atoms with van der Waals surface area (Å²) in [6, 6.07) is 0. The number of nitrogens with zero attached hydrogens (tertiary/aromatic N) is 3. The minimum atomic E-state index is -0.404. The van der Waals surface area contributed by atoms with E-state index < -0.39 is 5.97 Å². The lowest BCUT2D eigenvalue weighted by Crippen LogP contribution is -2.42. The van der Waals surface area contributed by atoms with Crippen LogP contribution >= 0.6 is 0 Å². The fraction of sp³-hybridized carbons (Fsp3) is 0.579. The number of carbonyl (C=O) groups excluding carboxylic acids is 1. The second kappa shape index (κ2) is 6.89. The zero-order chi connectivity index (χ0) is 18.3. The first-order valence-corrected chi connectivity index (χ1v) is 9.23. The Morgan fingerprint density at radius 3 is 3.04 bits per heavy atom. The molecule has 0 aromatic carbocycles. The van der Waals surface area contributed by atoms with Crippen molar-refractivity contribution < 1.29 is 18.7 Å². The van der Waals surface area contributed by atoms with E-state index in [4.69, 9.17) is 19.0 Å². The number of rotatable bonds is 4. The smallest absolute Gasteiger partial charge is 0.374 e. The second-order valence-electron chi connectivity index (χ2n) is 7.05. The van der Waals surface area contributed by atoms with Gasteiger partial charge in [-0.2, -0.15) is 5.10 Å². The molecule has 1 aliphatic carbocycles. The number of aromatic nitrogens is 2. The van der Waals surface area contributed by atoms with Crippen LogP contribution in [0.3, 0.4) is 0 Å². The molecule has 1 fully saturated rings. The SMILES string of the molecule is CCOC(=O)c1oc2c(c1C)-c1nn(C[C@@H]3CN(C)CCO3)cc1CC2. The van der Waals surface area contributed by atoms with Gasteiger partial charge in [0.1, 0.15) is 5.76 Å². The summed E-state index contributed by atoms with van der Waals surface area (Å²) in [6.07, 6.45) is 3.89. The van der Waals surface area contributed by atoms with Crippen LogP contribution in [0.15, 0.2) is 10.6 Å². The van der Waals surface area contributed by atoms with E-state index in [-0.39, 0.29) is 6.10 Å². The molecule has 26 heavy (non-hydrogen) atoms. The number of aryl methyl sites for hydroxylation is 2. The Morgan fingerprint density at radius 1 is 1.42 bits per heavy atom. The number of likely N-dealkylation sites (N-methyl/N-ethyl adjacent to an activating group) is 1. The molecule has 3 heterocycles. The van der Waals surface area contributed by atoms with E-state index in [1.807, 2.05) is 11.6 Å². The van der Waals surface area contributed by atoms with Crippen LogP contribution in [0.4, 0.5) is 0 Å². The lowest BCUT2D eigenvalue weighted by atomic mass is 9.94. The second-order valence-corrected chi connectivity index (χ2v) is 7.05. The highest BCUT2D eigenvalue weighted by atomic mass is 16.5. The van der Waals surface area contributed by atoms with Gasteiger partial charge in [-0.15, -0.1) is 0 Å². The Morgan fingerprint density at radius 2 is 2.27 bits per heavy atom. The van der Waals surface area contributed by atoms with Gasteiger partial charge in [0.25, 0.3) is 0 Å². The first-order chi connectivity index (χ1) is 12.6. The van der Waals surface area contributed by atoms with E-state index in [0.29, 0.717) is 12.4 Å². The molecule has 0 N–H and O–H groups in total. The molecule has 2 aromatic heterocycles. The van der Waals surface area contributed by atoms with Gasteiger partial charge in [-0.05, 0) is 32.9 Å². The molecule has 0 saturated carbocycles. The average Bonchev–Trinajstić information content (AvgIpc) is 3.15. The predicted molar refractivity (Wildman–Crippen MR) is 95.3 cm³/mol. The molecule has 1 aliphatic heterocycles. The fourth-order valence-electron chi connectivity index (χ4n) is 3.83. The number of ether oxygens (including phenoxy) is 2. The van der Waals surface area contributed by atoms with Crippen molar-refractivity contribution in [2.75, 3.05) is 33.4 Å². The number of hydrogen-bond donors (Lipinski definition) is 0. The highest BCUT2D eigenvalue weighted by molar-refractivity contribution is 5.91. The van der Waals surface area contributed by atoms with E-state index >= 15 is 0 Å². The number of esters is 1. The van der Waals surface area contributed by atoms with Gasteiger partial charge < -0.3 is 18.8 Å². The monoisotopic (exact) mass is 359 g/mol. The summed E-state index contributed by atoms with van der Waals surface area (Å²) < 4.78 is 18.8. The van der Waals surface area contributed by atoms with Crippen LogP contribution < -0.4 is 0 Å². The summed E-state index contributed by atoms with van der Waals surface area (Å²) in [7, 11) is 2.11. The maximum atomic E-state index is 12.1. The van der Waals surface area contributed by atoms with Crippen molar-refractivity contribution in [3.63, 3.8) is 0 Å². The van der Waals surface area contributed by atoms with Crippen molar-refractivity contribution in [2.45, 2.75) is 39.3 Å². The third-order valence-corrected chi connectivity index (χ3v) is 5.11. The van der Waals surface area contributed by atoms with Gasteiger partial charge in [0.15, 0.2) is 0 Å². The molecule has 2 aliphatic rings. The van der Waals surface area contributed by atoms with E-state index in [1.54, 1.807) is 6.92 Å². The molecule has 7 nitrogen and oxygen atoms in total. The van der Waals surface area contributed by atoms with Crippen molar-refractivity contribution in [3.05, 3.63) is 28.8 Å². The van der Waals surface area contributed by atoms with Crippen LogP contribution in [0.25, 0.3) is 11.3 Å². The third kappa shape index (κ3) is 3.05. The zero-order valence-corrected chi connectivity index (χ0v) is 15.6. The summed E-state index contributed by atoms with van der Waals surface area (Å²) in [4.78, 5) is 14.4. The van der Waals surface area contributed by atoms with Crippen LogP contribution in [0.2, 0.25) is 0 Å². The van der Waals surface area contributed by atoms with E-state index in [0.717, 1.165) is 61.7 Å². The molecule has 1 saturated heterocycles. The molecule has 140 valence electrons. The molecule has 0 unspecified atom stereocenters. The molecular formula is C19H25N3O4. The summed E-state index contributed by atoms with van der Waals surface area (Å²) in [5, 5.41) is 4.80. The number of carbonyl (C=O) groups is 1. The third-order valence-electron chi connectivity index (χ3n) is 5.11. The van der Waals surface area contributed by atoms with Crippen molar-refractivity contribution in [1.82, 2.24) is 14.7 Å². The average molecular weight is 359 g/mol. The zero-order valence-electron chi connectivity index (χ0n) is 15.6. The van der Waals surface area contributed by atoms with Gasteiger partial charge >= 0.3 is 5.97 Å². The number of furan rings is 1. The van der Waals surface area contributed by atoms with Crippen LogP contribution in [-0.2, 0) is 28.9 Å². The molecule has 4 rings (SSSR count). The molecular weight excluding hydrogens is 334 g/mol. The predicted octanol–water partition coefficient (Wildman–Crippen LogP) is 2.06. The first-order valence-electron chi connectivity index (χ1n) is 9.23. The number of hydrogen-bond acceptors (Lipinski definition) is 6. The fourth-order valence-corrected chi connectivity index (χ4v) is 3.83. The minimum absolute atomic E-state index is 0.148. The van der Waals surface area contributed by atoms with Gasteiger partial charge in [0, 0.05) is 36.8 Å². The van der Waals surface area contributed by atoms with Crippen molar-refractivity contribution in [1.29, 1.82) is 0 Å². The van der Waals surface area contributed by atoms with Gasteiger partial charge in [-0.25, -0.2) is 4.79 Å². The Labute approximate surface area is 152 Å². The normalized spacial score (nSPS) is 19.9. The number of fused-ring (bicyclic) bond motifs is 3. The molecule has 2 aromatic rings. The molecule has 0 radical (unpaired) electrons. The Bertz CT molecular complexity index is 823. The minimum Gasteiger partial charge on any atom is -0.460 e. The summed E-state index contributed by atoms with van der Waals surface area (Å²) in [6.45, 7) is 7.40. The Hall–Kier alpha value is -2.12. The van der Waals surface area contributed by atoms with Gasteiger partial charge in [-0.3, -0.25) is 4.68 Å². The summed E-state index contributed by atoms with van der Waals surface area (Å²) in [5.74, 6) is 0.729.